The predicted octanol–water partition coefficient (Wildman–Crippen LogP) is 12.7. The van der Waals surface area contributed by atoms with Gasteiger partial charge in [0.2, 0.25) is 0 Å². The van der Waals surface area contributed by atoms with Crippen LogP contribution in [-0.2, 0) is 21.7 Å². The van der Waals surface area contributed by atoms with E-state index >= 15 is 0 Å². The summed E-state index contributed by atoms with van der Waals surface area (Å²) < 4.78 is 2.83. The van der Waals surface area contributed by atoms with E-state index in [-0.39, 0.29) is 28.4 Å². The molecule has 3 aliphatic rings. The highest BCUT2D eigenvalue weighted by atomic mass is 32.1. The number of anilines is 4. The first kappa shape index (κ1) is 36.0. The van der Waals surface area contributed by atoms with Crippen LogP contribution in [0.4, 0.5) is 22.7 Å². The van der Waals surface area contributed by atoms with Crippen LogP contribution in [0.1, 0.15) is 119 Å². The molecule has 0 unspecified atom stereocenters. The van der Waals surface area contributed by atoms with Crippen molar-refractivity contribution in [3.05, 3.63) is 130 Å². The number of hydrogen-bond acceptors (Lipinski definition) is 3. The lowest BCUT2D eigenvalue weighted by atomic mass is 9.34. The van der Waals surface area contributed by atoms with Crippen molar-refractivity contribution in [3.63, 3.8) is 0 Å². The largest absolute Gasteiger partial charge is 0.314 e. The van der Waals surface area contributed by atoms with Crippen LogP contribution in [0.3, 0.4) is 0 Å². The van der Waals surface area contributed by atoms with Gasteiger partial charge in [-0.25, -0.2) is 0 Å². The molecule has 2 aliphatic heterocycles. The van der Waals surface area contributed by atoms with Crippen LogP contribution in [0.25, 0.3) is 10.1 Å². The molecule has 0 saturated heterocycles. The monoisotopic (exact) mass is 716 g/mol. The van der Waals surface area contributed by atoms with E-state index in [4.69, 9.17) is 0 Å². The van der Waals surface area contributed by atoms with E-state index in [1.807, 2.05) is 11.3 Å². The second kappa shape index (κ2) is 12.0. The standard InChI is InChI=1S/C49H57BN2S/c1-30-26-40-43-41(27-30)52(36-22-16-32(17-23-36)47(5,6)7)44-37-28-33(48(8,9)10)19-25-42(37)53-45(44)50(43)38-29-34(49(11,12)13)18-24-39(38)51(40)35-20-14-31(15-21-35)46(2,3)4/h14-26,28-30H,27H2,1-13H3/t30-/m0/s1. The molecule has 5 aromatic rings. The summed E-state index contributed by atoms with van der Waals surface area (Å²) in [6, 6.07) is 33.5. The maximum atomic E-state index is 2.68. The second-order valence-electron chi connectivity index (χ2n) is 20.1. The zero-order valence-corrected chi connectivity index (χ0v) is 35.1. The van der Waals surface area contributed by atoms with Gasteiger partial charge in [0.1, 0.15) is 0 Å². The number of allylic oxidation sites excluding steroid dienone is 3. The molecule has 4 aromatic carbocycles. The first-order chi connectivity index (χ1) is 24.7. The van der Waals surface area contributed by atoms with E-state index in [2.05, 4.69) is 191 Å². The van der Waals surface area contributed by atoms with Crippen LogP contribution in [0.2, 0.25) is 0 Å². The van der Waals surface area contributed by atoms with Gasteiger partial charge in [0.05, 0.1) is 5.69 Å². The summed E-state index contributed by atoms with van der Waals surface area (Å²) in [7, 11) is 0. The van der Waals surface area contributed by atoms with Crippen molar-refractivity contribution in [1.29, 1.82) is 0 Å². The van der Waals surface area contributed by atoms with Gasteiger partial charge >= 0.3 is 0 Å². The van der Waals surface area contributed by atoms with Crippen LogP contribution in [-0.4, -0.2) is 6.71 Å². The van der Waals surface area contributed by atoms with Crippen molar-refractivity contribution >= 4 is 61.1 Å². The van der Waals surface area contributed by atoms with Gasteiger partial charge in [-0.2, -0.15) is 0 Å². The summed E-state index contributed by atoms with van der Waals surface area (Å²) in [6.45, 7) is 30.5. The van der Waals surface area contributed by atoms with E-state index in [1.165, 1.54) is 82.2 Å². The molecular weight excluding hydrogens is 659 g/mol. The summed E-state index contributed by atoms with van der Waals surface area (Å²) in [6.07, 6.45) is 3.57. The van der Waals surface area contributed by atoms with Crippen LogP contribution in [0, 0.1) is 5.92 Å². The molecule has 1 aromatic heterocycles. The summed E-state index contributed by atoms with van der Waals surface area (Å²) in [4.78, 5) is 5.27. The number of hydrogen-bond donors (Lipinski definition) is 0. The van der Waals surface area contributed by atoms with Gasteiger partial charge in [-0.1, -0.05) is 139 Å². The van der Waals surface area contributed by atoms with E-state index in [1.54, 1.807) is 0 Å². The quantitative estimate of drug-likeness (QED) is 0.168. The Bertz CT molecular complexity index is 2310. The fourth-order valence-electron chi connectivity index (χ4n) is 8.63. The molecule has 272 valence electrons. The van der Waals surface area contributed by atoms with E-state index in [0.29, 0.717) is 5.92 Å². The van der Waals surface area contributed by atoms with Gasteiger partial charge in [-0.05, 0) is 110 Å². The van der Waals surface area contributed by atoms with Gasteiger partial charge in [-0.3, -0.25) is 0 Å². The minimum atomic E-state index is 0.0305. The smallest absolute Gasteiger partial charge is 0.264 e. The maximum absolute atomic E-state index is 2.68. The van der Waals surface area contributed by atoms with Crippen LogP contribution < -0.4 is 20.0 Å². The molecule has 1 atom stereocenters. The normalized spacial score (nSPS) is 17.6. The third-order valence-corrected chi connectivity index (χ3v) is 13.0. The molecule has 53 heavy (non-hydrogen) atoms. The molecule has 0 amide bonds. The van der Waals surface area contributed by atoms with Gasteiger partial charge in [0.25, 0.3) is 6.71 Å². The Labute approximate surface area is 323 Å². The van der Waals surface area contributed by atoms with Crippen molar-refractivity contribution < 1.29 is 0 Å². The maximum Gasteiger partial charge on any atom is 0.264 e. The van der Waals surface area contributed by atoms with Gasteiger partial charge in [0.15, 0.2) is 0 Å². The molecule has 0 spiro atoms. The lowest BCUT2D eigenvalue weighted by molar-refractivity contribution is 0.590. The van der Waals surface area contributed by atoms with Crippen molar-refractivity contribution in [1.82, 2.24) is 0 Å². The molecule has 4 heteroatoms. The zero-order chi connectivity index (χ0) is 38.0. The van der Waals surface area contributed by atoms with E-state index in [0.717, 1.165) is 6.42 Å². The third-order valence-electron chi connectivity index (χ3n) is 11.8. The fraction of sp³-hybridized carbons (Fsp3) is 0.388. The van der Waals surface area contributed by atoms with Crippen molar-refractivity contribution in [2.75, 3.05) is 9.80 Å². The van der Waals surface area contributed by atoms with Gasteiger partial charge < -0.3 is 9.80 Å². The highest BCUT2D eigenvalue weighted by Gasteiger charge is 2.48. The zero-order valence-electron chi connectivity index (χ0n) is 34.3. The minimum Gasteiger partial charge on any atom is -0.314 e. The third kappa shape index (κ3) is 6.01. The topological polar surface area (TPSA) is 6.48 Å². The van der Waals surface area contributed by atoms with Crippen LogP contribution in [0.15, 0.2) is 108 Å². The molecule has 0 radical (unpaired) electrons. The summed E-state index contributed by atoms with van der Waals surface area (Å²) >= 11 is 2.01. The van der Waals surface area contributed by atoms with Crippen LogP contribution >= 0.6 is 11.3 Å². The fourth-order valence-corrected chi connectivity index (χ4v) is 9.93. The molecular formula is C49H57BN2S. The number of benzene rings is 4. The van der Waals surface area contributed by atoms with Crippen molar-refractivity contribution in [2.45, 2.75) is 118 Å². The number of fused-ring (bicyclic) bond motifs is 6. The Balaban J connectivity index is 1.46. The summed E-state index contributed by atoms with van der Waals surface area (Å²) in [5.74, 6) is 0.379. The molecule has 0 bridgehead atoms. The van der Waals surface area contributed by atoms with Crippen molar-refractivity contribution in [2.24, 2.45) is 5.92 Å². The Morgan fingerprint density at radius 3 is 1.62 bits per heavy atom. The SMILES string of the molecule is C[C@H]1C=C2C3=C(C1)N(c1ccc(C(C)(C)C)cc1)c1c(sc4ccc(C(C)(C)C)cc14)B3c1cc(C(C)(C)C)ccc1N2c1ccc(C(C)(C)C)cc1. The Hall–Kier alpha value is -4.02. The molecule has 3 heterocycles. The van der Waals surface area contributed by atoms with Crippen LogP contribution in [0.5, 0.6) is 0 Å². The Morgan fingerprint density at radius 1 is 0.585 bits per heavy atom. The molecule has 1 aliphatic carbocycles. The molecule has 0 fully saturated rings. The first-order valence-electron chi connectivity index (χ1n) is 19.7. The lowest BCUT2D eigenvalue weighted by Gasteiger charge is -2.47. The second-order valence-corrected chi connectivity index (χ2v) is 21.2. The molecule has 2 nitrogen and oxygen atoms in total. The summed E-state index contributed by atoms with van der Waals surface area (Å²) in [5.41, 5.74) is 16.6. The predicted molar refractivity (Wildman–Crippen MR) is 234 cm³/mol. The van der Waals surface area contributed by atoms with E-state index < -0.39 is 0 Å². The average molecular weight is 717 g/mol. The highest BCUT2D eigenvalue weighted by molar-refractivity contribution is 7.32. The summed E-state index contributed by atoms with van der Waals surface area (Å²) in [5, 5.41) is 1.38. The van der Waals surface area contributed by atoms with Crippen molar-refractivity contribution in [3.8, 4) is 0 Å². The minimum absolute atomic E-state index is 0.0305. The lowest BCUT2D eigenvalue weighted by Crippen LogP contribution is -2.56. The first-order valence-corrected chi connectivity index (χ1v) is 20.5. The van der Waals surface area contributed by atoms with E-state index in [9.17, 15) is 0 Å². The van der Waals surface area contributed by atoms with Gasteiger partial charge in [-0.15, -0.1) is 11.3 Å². The number of nitrogens with zero attached hydrogens (tertiary/aromatic N) is 2. The molecule has 0 saturated carbocycles. The average Bonchev–Trinajstić information content (AvgIpc) is 3.45. The Morgan fingerprint density at radius 2 is 1.08 bits per heavy atom. The molecule has 8 rings (SSSR count). The number of rotatable bonds is 2. The highest BCUT2D eigenvalue weighted by Crippen LogP contribution is 2.52. The Kier molecular flexibility index (Phi) is 8.14. The number of thiophene rings is 1. The van der Waals surface area contributed by atoms with Gasteiger partial charge in [0, 0.05) is 43.3 Å². The molecule has 0 N–H and O–H groups in total.